The highest BCUT2D eigenvalue weighted by Crippen LogP contribution is 2.24. The largest absolute Gasteiger partial charge is 0.519 e. The number of carbonyl (C=O) groups excluding carboxylic acids is 4. The molecular weight excluding hydrogens is 490 g/mol. The van der Waals surface area contributed by atoms with Crippen LogP contribution in [0.3, 0.4) is 0 Å². The molecule has 0 saturated carbocycles. The molecule has 15 nitrogen and oxygen atoms in total. The number of hydrogen-bond donors (Lipinski definition) is 0. The van der Waals surface area contributed by atoms with E-state index in [0.717, 1.165) is 24.2 Å². The van der Waals surface area contributed by atoms with Gasteiger partial charge in [0.25, 0.3) is 0 Å². The monoisotopic (exact) mass is 511 g/mol. The van der Waals surface area contributed by atoms with Gasteiger partial charge < -0.3 is 36.6 Å². The van der Waals surface area contributed by atoms with E-state index in [2.05, 4.69) is 9.15 Å². The van der Waals surface area contributed by atoms with Crippen molar-refractivity contribution in [2.75, 3.05) is 13.7 Å². The molecule has 3 rings (SSSR count). The molecule has 2 aromatic heterocycles. The number of carbonyl (C=O) groups is 4. The van der Waals surface area contributed by atoms with Crippen molar-refractivity contribution in [1.82, 2.24) is 4.90 Å². The van der Waals surface area contributed by atoms with Gasteiger partial charge in [0.05, 0.1) is 13.7 Å². The molecule has 0 unspecified atom stereocenters. The molecule has 0 radical (unpaired) electrons. The lowest BCUT2D eigenvalue weighted by atomic mass is 10.2. The summed E-state index contributed by atoms with van der Waals surface area (Å²) in [7, 11) is 1.13. The van der Waals surface area contributed by atoms with Crippen LogP contribution in [0, 0.1) is 13.8 Å². The van der Waals surface area contributed by atoms with Crippen LogP contribution >= 0.6 is 0 Å². The summed E-state index contributed by atoms with van der Waals surface area (Å²) in [4.78, 5) is 71.9. The second kappa shape index (κ2) is 11.2. The van der Waals surface area contributed by atoms with Crippen LogP contribution in [0.1, 0.15) is 29.5 Å². The summed E-state index contributed by atoms with van der Waals surface area (Å²) in [5.74, 6) is -4.42. The molecule has 3 heterocycles. The summed E-state index contributed by atoms with van der Waals surface area (Å²) >= 11 is 0. The predicted molar refractivity (Wildman–Crippen MR) is 110 cm³/mol. The minimum absolute atomic E-state index is 0.0261. The van der Waals surface area contributed by atoms with Gasteiger partial charge in [-0.25, -0.2) is 28.8 Å². The number of rotatable bonds is 8. The van der Waals surface area contributed by atoms with E-state index >= 15 is 0 Å². The Morgan fingerprint density at radius 2 is 1.44 bits per heavy atom. The molecule has 2 atom stereocenters. The van der Waals surface area contributed by atoms with Gasteiger partial charge in [-0.2, -0.15) is 0 Å². The van der Waals surface area contributed by atoms with Crippen molar-refractivity contribution in [2.45, 2.75) is 45.6 Å². The maximum atomic E-state index is 12.8. The van der Waals surface area contributed by atoms with Gasteiger partial charge in [0.15, 0.2) is 36.3 Å². The molecule has 0 spiro atoms. The Bertz CT molecular complexity index is 1200. The van der Waals surface area contributed by atoms with E-state index in [0.29, 0.717) is 0 Å². The van der Waals surface area contributed by atoms with Gasteiger partial charge in [-0.3, -0.25) is 4.90 Å². The molecule has 0 aliphatic carbocycles. The molecule has 15 heteroatoms. The summed E-state index contributed by atoms with van der Waals surface area (Å²) in [6, 6.07) is -1.25. The summed E-state index contributed by atoms with van der Waals surface area (Å²) in [6.45, 7) is 1.67. The van der Waals surface area contributed by atoms with Gasteiger partial charge in [0.2, 0.25) is 0 Å². The fourth-order valence-corrected chi connectivity index (χ4v) is 3.17. The van der Waals surface area contributed by atoms with Crippen molar-refractivity contribution in [3.63, 3.8) is 0 Å². The van der Waals surface area contributed by atoms with Gasteiger partial charge in [0.1, 0.15) is 12.1 Å². The molecular formula is C21H21NO14. The fourth-order valence-electron chi connectivity index (χ4n) is 3.17. The van der Waals surface area contributed by atoms with E-state index in [1.165, 1.54) is 13.8 Å². The number of nitrogens with zero attached hydrogens (tertiary/aromatic N) is 1. The fraction of sp³-hybridized carbons (Fsp3) is 0.429. The van der Waals surface area contributed by atoms with Crippen molar-refractivity contribution in [3.05, 3.63) is 56.4 Å². The molecule has 1 amide bonds. The zero-order valence-corrected chi connectivity index (χ0v) is 19.3. The number of likely N-dealkylation sites (tertiary alicyclic amines) is 1. The van der Waals surface area contributed by atoms with Crippen LogP contribution in [0.15, 0.2) is 39.4 Å². The third-order valence-electron chi connectivity index (χ3n) is 4.95. The first-order valence-corrected chi connectivity index (χ1v) is 10.3. The number of amides is 1. The predicted octanol–water partition coefficient (Wildman–Crippen LogP) is 0.491. The van der Waals surface area contributed by atoms with Gasteiger partial charge >= 0.3 is 35.6 Å². The third-order valence-corrected chi connectivity index (χ3v) is 4.95. The van der Waals surface area contributed by atoms with E-state index < -0.39 is 61.0 Å². The van der Waals surface area contributed by atoms with Gasteiger partial charge in [0, 0.05) is 18.6 Å². The Balaban J connectivity index is 1.69. The molecule has 1 saturated heterocycles. The van der Waals surface area contributed by atoms with E-state index in [1.54, 1.807) is 0 Å². The van der Waals surface area contributed by atoms with Crippen LogP contribution < -0.4 is 11.6 Å². The standard InChI is InChI=1S/C21H21NO14/c1-10-14(35-20(27)32-10)8-30-18(25)13-6-12(34-17(24)5-4-16(23)29-3)7-22(13)19(26)31-9-15-11(2)33-21(28)36-15/h4-5,12-13H,6-9H2,1-3H3/b5-4+/t12-,13+/m1/s1. The molecule has 0 aromatic carbocycles. The zero-order valence-electron chi connectivity index (χ0n) is 19.3. The molecule has 0 bridgehead atoms. The second-order valence-corrected chi connectivity index (χ2v) is 7.35. The second-order valence-electron chi connectivity index (χ2n) is 7.35. The highest BCUT2D eigenvalue weighted by Gasteiger charge is 2.43. The lowest BCUT2D eigenvalue weighted by molar-refractivity contribution is -0.151. The third kappa shape index (κ3) is 6.52. The van der Waals surface area contributed by atoms with E-state index in [4.69, 9.17) is 27.5 Å². The highest BCUT2D eigenvalue weighted by molar-refractivity contribution is 5.91. The molecule has 1 aliphatic rings. The van der Waals surface area contributed by atoms with Crippen LogP contribution in [0.25, 0.3) is 0 Å². The quantitative estimate of drug-likeness (QED) is 0.270. The maximum Gasteiger partial charge on any atom is 0.519 e. The van der Waals surface area contributed by atoms with Crippen molar-refractivity contribution >= 4 is 24.0 Å². The minimum atomic E-state index is -1.25. The van der Waals surface area contributed by atoms with Gasteiger partial charge in [-0.05, 0) is 13.8 Å². The summed E-state index contributed by atoms with van der Waals surface area (Å²) in [5, 5.41) is 0. The lowest BCUT2D eigenvalue weighted by Crippen LogP contribution is -2.41. The van der Waals surface area contributed by atoms with Gasteiger partial charge in [-0.15, -0.1) is 0 Å². The normalized spacial score (nSPS) is 17.2. The van der Waals surface area contributed by atoms with E-state index in [1.807, 2.05) is 0 Å². The topological polar surface area (TPSA) is 195 Å². The van der Waals surface area contributed by atoms with Crippen molar-refractivity contribution in [3.8, 4) is 0 Å². The summed E-state index contributed by atoms with van der Waals surface area (Å²) < 4.78 is 38.8. The van der Waals surface area contributed by atoms with Crippen molar-refractivity contribution < 1.29 is 55.8 Å². The zero-order chi connectivity index (χ0) is 26.4. The van der Waals surface area contributed by atoms with Crippen LogP contribution in [-0.2, 0) is 46.5 Å². The lowest BCUT2D eigenvalue weighted by Gasteiger charge is -2.21. The molecule has 1 fully saturated rings. The first-order chi connectivity index (χ1) is 17.1. The number of esters is 3. The Morgan fingerprint density at radius 1 is 0.889 bits per heavy atom. The SMILES string of the molecule is COC(=O)/C=C/C(=O)O[C@@H]1C[C@@H](C(=O)OCc2oc(=O)oc2C)N(C(=O)OCc2oc(=O)oc2C)C1. The Kier molecular flexibility index (Phi) is 8.14. The van der Waals surface area contributed by atoms with Crippen LogP contribution in [0.5, 0.6) is 0 Å². The molecule has 2 aromatic rings. The molecule has 1 aliphatic heterocycles. The van der Waals surface area contributed by atoms with Crippen molar-refractivity contribution in [1.29, 1.82) is 0 Å². The summed E-state index contributed by atoms with van der Waals surface area (Å²) in [6.07, 6.45) is -0.466. The summed E-state index contributed by atoms with van der Waals surface area (Å²) in [5.41, 5.74) is 0. The van der Waals surface area contributed by atoms with Crippen LogP contribution in [0.2, 0.25) is 0 Å². The van der Waals surface area contributed by atoms with Crippen molar-refractivity contribution in [2.24, 2.45) is 0 Å². The molecule has 0 N–H and O–H groups in total. The maximum absolute atomic E-state index is 12.8. The number of methoxy groups -OCH3 is 1. The first kappa shape index (κ1) is 26.1. The van der Waals surface area contributed by atoms with Crippen LogP contribution in [-0.4, -0.2) is 54.7 Å². The minimum Gasteiger partial charge on any atom is -0.466 e. The van der Waals surface area contributed by atoms with Crippen LogP contribution in [0.4, 0.5) is 4.79 Å². The highest BCUT2D eigenvalue weighted by atomic mass is 16.6. The Labute approximate surface area is 201 Å². The Hall–Kier alpha value is -4.56. The number of hydrogen-bond acceptors (Lipinski definition) is 14. The molecule has 36 heavy (non-hydrogen) atoms. The average molecular weight is 511 g/mol. The number of aryl methyl sites for hydroxylation is 2. The molecule has 194 valence electrons. The van der Waals surface area contributed by atoms with E-state index in [-0.39, 0.29) is 36.0 Å². The number of ether oxygens (including phenoxy) is 4. The van der Waals surface area contributed by atoms with Gasteiger partial charge in [-0.1, -0.05) is 0 Å². The smallest absolute Gasteiger partial charge is 0.466 e. The first-order valence-electron chi connectivity index (χ1n) is 10.3. The Morgan fingerprint density at radius 3 is 1.97 bits per heavy atom. The average Bonchev–Trinajstić information content (AvgIpc) is 3.49. The van der Waals surface area contributed by atoms with E-state index in [9.17, 15) is 28.8 Å².